The first-order valence-electron chi connectivity index (χ1n) is 6.17. The molecule has 5 nitrogen and oxygen atoms in total. The van der Waals surface area contributed by atoms with Crippen LogP contribution < -0.4 is 5.32 Å². The summed E-state index contributed by atoms with van der Waals surface area (Å²) in [5.41, 5.74) is 0. The molecule has 1 atom stereocenters. The molecule has 2 aliphatic rings. The van der Waals surface area contributed by atoms with Crippen molar-refractivity contribution in [3.05, 3.63) is 0 Å². The highest BCUT2D eigenvalue weighted by atomic mass is 16.2. The van der Waals surface area contributed by atoms with Crippen LogP contribution in [0.5, 0.6) is 0 Å². The van der Waals surface area contributed by atoms with Gasteiger partial charge in [0.1, 0.15) is 5.92 Å². The van der Waals surface area contributed by atoms with E-state index >= 15 is 0 Å². The van der Waals surface area contributed by atoms with Gasteiger partial charge in [-0.25, -0.2) is 4.79 Å². The van der Waals surface area contributed by atoms with Crippen molar-refractivity contribution in [2.24, 2.45) is 17.8 Å². The minimum Gasteiger partial charge on any atom is -0.277 e. The molecule has 1 N–H and O–H groups in total. The first-order valence-corrected chi connectivity index (χ1v) is 6.17. The number of urea groups is 1. The van der Waals surface area contributed by atoms with Crippen LogP contribution in [0.1, 0.15) is 33.1 Å². The fourth-order valence-electron chi connectivity index (χ4n) is 2.15. The molecule has 17 heavy (non-hydrogen) atoms. The number of barbiturate groups is 1. The highest BCUT2D eigenvalue weighted by molar-refractivity contribution is 6.16. The van der Waals surface area contributed by atoms with Crippen LogP contribution in [0.15, 0.2) is 0 Å². The molecule has 1 saturated carbocycles. The lowest BCUT2D eigenvalue weighted by atomic mass is 9.92. The van der Waals surface area contributed by atoms with Gasteiger partial charge in [-0.05, 0) is 18.3 Å². The van der Waals surface area contributed by atoms with E-state index in [2.05, 4.69) is 5.32 Å². The Bertz CT molecular complexity index is 361. The fraction of sp³-hybridized carbons (Fsp3) is 0.750. The van der Waals surface area contributed by atoms with Crippen LogP contribution in [-0.2, 0) is 9.59 Å². The van der Waals surface area contributed by atoms with Crippen LogP contribution in [0.25, 0.3) is 0 Å². The van der Waals surface area contributed by atoms with E-state index in [0.29, 0.717) is 12.5 Å². The molecular formula is C12H18N2O3. The molecule has 0 aromatic heterocycles. The zero-order valence-electron chi connectivity index (χ0n) is 10.2. The number of amides is 4. The molecule has 0 radical (unpaired) electrons. The Kier molecular flexibility index (Phi) is 3.17. The number of nitrogens with zero attached hydrogens (tertiary/aromatic N) is 1. The van der Waals surface area contributed by atoms with E-state index in [1.54, 1.807) is 0 Å². The van der Waals surface area contributed by atoms with Crippen molar-refractivity contribution in [1.29, 1.82) is 0 Å². The summed E-state index contributed by atoms with van der Waals surface area (Å²) < 4.78 is 0. The van der Waals surface area contributed by atoms with E-state index in [1.807, 2.05) is 13.8 Å². The van der Waals surface area contributed by atoms with Crippen LogP contribution in [0, 0.1) is 17.8 Å². The van der Waals surface area contributed by atoms with Crippen LogP contribution >= 0.6 is 0 Å². The maximum Gasteiger partial charge on any atom is 0.330 e. The summed E-state index contributed by atoms with van der Waals surface area (Å²) in [6.07, 6.45) is 3.24. The van der Waals surface area contributed by atoms with Gasteiger partial charge in [-0.3, -0.25) is 19.8 Å². The predicted molar refractivity (Wildman–Crippen MR) is 60.9 cm³/mol. The summed E-state index contributed by atoms with van der Waals surface area (Å²) in [4.78, 5) is 36.4. The minimum atomic E-state index is -0.716. The molecule has 2 rings (SSSR count). The first kappa shape index (κ1) is 12.1. The lowest BCUT2D eigenvalue weighted by Crippen LogP contribution is -2.59. The van der Waals surface area contributed by atoms with Gasteiger partial charge in [-0.1, -0.05) is 26.7 Å². The Morgan fingerprint density at radius 2 is 1.94 bits per heavy atom. The number of carbonyl (C=O) groups excluding carboxylic acids is 3. The van der Waals surface area contributed by atoms with E-state index in [-0.39, 0.29) is 11.8 Å². The molecule has 0 aromatic rings. The van der Waals surface area contributed by atoms with Crippen LogP contribution in [0.3, 0.4) is 0 Å². The maximum absolute atomic E-state index is 12.1. The smallest absolute Gasteiger partial charge is 0.277 e. The van der Waals surface area contributed by atoms with Crippen LogP contribution in [-0.4, -0.2) is 29.3 Å². The number of carbonyl (C=O) groups is 3. The van der Waals surface area contributed by atoms with Gasteiger partial charge in [0, 0.05) is 6.54 Å². The third kappa shape index (κ3) is 2.48. The summed E-state index contributed by atoms with van der Waals surface area (Å²) in [6, 6.07) is -0.558. The standard InChI is InChI=1S/C12H18N2O3/c1-7(2)9-10(15)13-12(17)14(11(9)16)6-5-8-3-4-8/h7-9H,3-6H2,1-2H3,(H,13,15,17). The predicted octanol–water partition coefficient (Wildman–Crippen LogP) is 1.14. The van der Waals surface area contributed by atoms with E-state index in [0.717, 1.165) is 6.42 Å². The summed E-state index contributed by atoms with van der Waals surface area (Å²) in [6.45, 7) is 4.07. The second-order valence-electron chi connectivity index (χ2n) is 5.24. The second kappa shape index (κ2) is 4.47. The molecule has 1 aliphatic heterocycles. The number of rotatable bonds is 4. The van der Waals surface area contributed by atoms with E-state index in [4.69, 9.17) is 0 Å². The molecule has 5 heteroatoms. The molecule has 0 bridgehead atoms. The number of imide groups is 2. The average molecular weight is 238 g/mol. The monoisotopic (exact) mass is 238 g/mol. The normalized spacial score (nSPS) is 25.5. The van der Waals surface area contributed by atoms with Gasteiger partial charge in [0.2, 0.25) is 11.8 Å². The van der Waals surface area contributed by atoms with E-state index in [1.165, 1.54) is 17.7 Å². The number of hydrogen-bond donors (Lipinski definition) is 1. The molecule has 1 aliphatic carbocycles. The van der Waals surface area contributed by atoms with Crippen LogP contribution in [0.4, 0.5) is 4.79 Å². The van der Waals surface area contributed by atoms with Crippen molar-refractivity contribution in [1.82, 2.24) is 10.2 Å². The highest BCUT2D eigenvalue weighted by Crippen LogP contribution is 2.33. The molecule has 1 heterocycles. The molecule has 2 fully saturated rings. The van der Waals surface area contributed by atoms with Gasteiger partial charge in [-0.2, -0.15) is 0 Å². The highest BCUT2D eigenvalue weighted by Gasteiger charge is 2.42. The van der Waals surface area contributed by atoms with E-state index in [9.17, 15) is 14.4 Å². The maximum atomic E-state index is 12.1. The first-order chi connectivity index (χ1) is 8.00. The Labute approximate surface area is 101 Å². The number of nitrogens with one attached hydrogen (secondary N) is 1. The van der Waals surface area contributed by atoms with Crippen molar-refractivity contribution in [3.63, 3.8) is 0 Å². The molecule has 0 spiro atoms. The van der Waals surface area contributed by atoms with Gasteiger partial charge < -0.3 is 0 Å². The molecule has 94 valence electrons. The molecule has 1 unspecified atom stereocenters. The molecule has 1 saturated heterocycles. The van der Waals surface area contributed by atoms with Crippen molar-refractivity contribution in [2.75, 3.05) is 6.54 Å². The molecule has 0 aromatic carbocycles. The average Bonchev–Trinajstić information content (AvgIpc) is 2.99. The second-order valence-corrected chi connectivity index (χ2v) is 5.24. The largest absolute Gasteiger partial charge is 0.330 e. The Morgan fingerprint density at radius 3 is 2.47 bits per heavy atom. The summed E-state index contributed by atoms with van der Waals surface area (Å²) in [7, 11) is 0. The summed E-state index contributed by atoms with van der Waals surface area (Å²) >= 11 is 0. The Morgan fingerprint density at radius 1 is 1.29 bits per heavy atom. The zero-order chi connectivity index (χ0) is 12.6. The van der Waals surface area contributed by atoms with Crippen molar-refractivity contribution in [3.8, 4) is 0 Å². The third-order valence-electron chi connectivity index (χ3n) is 3.41. The van der Waals surface area contributed by atoms with Gasteiger partial charge >= 0.3 is 6.03 Å². The van der Waals surface area contributed by atoms with Gasteiger partial charge in [-0.15, -0.1) is 0 Å². The van der Waals surface area contributed by atoms with E-state index < -0.39 is 17.9 Å². The summed E-state index contributed by atoms with van der Waals surface area (Å²) in [5.74, 6) is -0.941. The van der Waals surface area contributed by atoms with Crippen molar-refractivity contribution < 1.29 is 14.4 Å². The van der Waals surface area contributed by atoms with Crippen molar-refractivity contribution >= 4 is 17.8 Å². The van der Waals surface area contributed by atoms with Gasteiger partial charge in [0.15, 0.2) is 0 Å². The fourth-order valence-corrected chi connectivity index (χ4v) is 2.15. The third-order valence-corrected chi connectivity index (χ3v) is 3.41. The molecule has 4 amide bonds. The number of hydrogen-bond acceptors (Lipinski definition) is 3. The zero-order valence-corrected chi connectivity index (χ0v) is 10.2. The lowest BCUT2D eigenvalue weighted by molar-refractivity contribution is -0.144. The van der Waals surface area contributed by atoms with Crippen LogP contribution in [0.2, 0.25) is 0 Å². The van der Waals surface area contributed by atoms with Gasteiger partial charge in [0.25, 0.3) is 0 Å². The quantitative estimate of drug-likeness (QED) is 0.747. The minimum absolute atomic E-state index is 0.0842. The topological polar surface area (TPSA) is 66.5 Å². The lowest BCUT2D eigenvalue weighted by Gasteiger charge is -2.31. The molecular weight excluding hydrogens is 220 g/mol. The SMILES string of the molecule is CC(C)C1C(=O)NC(=O)N(CCC2CC2)C1=O. The Hall–Kier alpha value is -1.39. The Balaban J connectivity index is 2.05. The van der Waals surface area contributed by atoms with Crippen molar-refractivity contribution in [2.45, 2.75) is 33.1 Å². The summed E-state index contributed by atoms with van der Waals surface area (Å²) in [5, 5.41) is 2.26. The van der Waals surface area contributed by atoms with Gasteiger partial charge in [0.05, 0.1) is 0 Å².